The number of nitrogens with one attached hydrogen (secondary N) is 2. The third-order valence-corrected chi connectivity index (χ3v) is 5.56. The van der Waals surface area contributed by atoms with Crippen molar-refractivity contribution in [2.45, 2.75) is 44.2 Å². The quantitative estimate of drug-likeness (QED) is 0.505. The van der Waals surface area contributed by atoms with Crippen LogP contribution in [0.1, 0.15) is 43.9 Å². The van der Waals surface area contributed by atoms with Crippen LogP contribution in [-0.2, 0) is 9.53 Å². The Balaban J connectivity index is 1.61. The van der Waals surface area contributed by atoms with E-state index in [4.69, 9.17) is 9.15 Å². The number of amides is 1. The fraction of sp³-hybridized carbons (Fsp3) is 0.714. The predicted octanol–water partition coefficient (Wildman–Crippen LogP) is 1.61. The molecule has 8 nitrogen and oxygen atoms in total. The summed E-state index contributed by atoms with van der Waals surface area (Å²) in [6, 6.07) is 4.11. The van der Waals surface area contributed by atoms with Gasteiger partial charge >= 0.3 is 0 Å². The molecule has 2 fully saturated rings. The molecule has 0 radical (unpaired) electrons. The molecule has 2 N–H and O–H groups in total. The van der Waals surface area contributed by atoms with E-state index in [1.807, 2.05) is 12.1 Å². The van der Waals surface area contributed by atoms with Crippen LogP contribution in [0.5, 0.6) is 0 Å². The molecule has 1 aromatic heterocycles. The molecular formula is C21H35N5O3. The maximum Gasteiger partial charge on any atom is 0.243 e. The van der Waals surface area contributed by atoms with Crippen molar-refractivity contribution in [3.05, 3.63) is 24.2 Å². The van der Waals surface area contributed by atoms with Crippen LogP contribution in [0.15, 0.2) is 27.8 Å². The molecular weight excluding hydrogens is 370 g/mol. The molecule has 0 bridgehead atoms. The van der Waals surface area contributed by atoms with Crippen molar-refractivity contribution in [2.75, 3.05) is 53.4 Å². The highest BCUT2D eigenvalue weighted by Gasteiger charge is 2.26. The van der Waals surface area contributed by atoms with Gasteiger partial charge in [-0.05, 0) is 57.3 Å². The number of furan rings is 1. The number of ether oxygens (including phenoxy) is 1. The van der Waals surface area contributed by atoms with E-state index >= 15 is 0 Å². The molecule has 2 atom stereocenters. The van der Waals surface area contributed by atoms with Crippen LogP contribution in [0.4, 0.5) is 0 Å². The van der Waals surface area contributed by atoms with Gasteiger partial charge in [-0.25, -0.2) is 4.99 Å². The molecule has 2 saturated heterocycles. The van der Waals surface area contributed by atoms with Gasteiger partial charge in [-0.2, -0.15) is 0 Å². The molecule has 3 heterocycles. The fourth-order valence-corrected chi connectivity index (χ4v) is 3.78. The summed E-state index contributed by atoms with van der Waals surface area (Å²) in [5.74, 6) is 1.58. The summed E-state index contributed by atoms with van der Waals surface area (Å²) in [4.78, 5) is 20.5. The second kappa shape index (κ2) is 11.2. The first-order valence-electron chi connectivity index (χ1n) is 10.7. The van der Waals surface area contributed by atoms with Gasteiger partial charge in [-0.3, -0.25) is 9.69 Å². The molecule has 2 unspecified atom stereocenters. The highest BCUT2D eigenvalue weighted by Crippen LogP contribution is 2.24. The van der Waals surface area contributed by atoms with E-state index in [0.29, 0.717) is 19.0 Å². The van der Waals surface area contributed by atoms with Gasteiger partial charge in [0.15, 0.2) is 5.96 Å². The molecule has 0 aromatic carbocycles. The number of carbonyl (C=O) groups is 1. The number of likely N-dealkylation sites (N-methyl/N-ethyl adjacent to an activating group) is 1. The number of hydrogen-bond donors (Lipinski definition) is 2. The van der Waals surface area contributed by atoms with E-state index in [1.165, 1.54) is 19.3 Å². The van der Waals surface area contributed by atoms with Gasteiger partial charge in [-0.1, -0.05) is 0 Å². The Bertz CT molecular complexity index is 635. The third-order valence-electron chi connectivity index (χ3n) is 5.56. The lowest BCUT2D eigenvalue weighted by Gasteiger charge is -2.28. The monoisotopic (exact) mass is 405 g/mol. The Morgan fingerprint density at radius 3 is 2.76 bits per heavy atom. The molecule has 0 aliphatic carbocycles. The van der Waals surface area contributed by atoms with Gasteiger partial charge in [0.05, 0.1) is 18.4 Å². The second-order valence-corrected chi connectivity index (χ2v) is 7.98. The zero-order valence-electron chi connectivity index (χ0n) is 17.7. The molecule has 162 valence electrons. The molecule has 8 heteroatoms. The highest BCUT2D eigenvalue weighted by atomic mass is 16.5. The van der Waals surface area contributed by atoms with E-state index in [-0.39, 0.29) is 24.6 Å². The molecule has 1 amide bonds. The van der Waals surface area contributed by atoms with Crippen molar-refractivity contribution >= 4 is 11.9 Å². The molecule has 2 aliphatic rings. The van der Waals surface area contributed by atoms with Crippen LogP contribution in [0.2, 0.25) is 0 Å². The number of rotatable bonds is 8. The Kier molecular flexibility index (Phi) is 8.37. The summed E-state index contributed by atoms with van der Waals surface area (Å²) >= 11 is 0. The van der Waals surface area contributed by atoms with E-state index in [1.54, 1.807) is 25.3 Å². The van der Waals surface area contributed by atoms with Gasteiger partial charge < -0.3 is 24.7 Å². The third kappa shape index (κ3) is 6.75. The topological polar surface area (TPSA) is 82.3 Å². The number of likely N-dealkylation sites (tertiary alicyclic amines) is 1. The maximum atomic E-state index is 12.0. The summed E-state index contributed by atoms with van der Waals surface area (Å²) in [6.07, 6.45) is 7.73. The highest BCUT2D eigenvalue weighted by molar-refractivity contribution is 5.84. The molecule has 29 heavy (non-hydrogen) atoms. The van der Waals surface area contributed by atoms with Gasteiger partial charge in [-0.15, -0.1) is 0 Å². The van der Waals surface area contributed by atoms with Gasteiger partial charge in [0, 0.05) is 33.8 Å². The molecule has 0 saturated carbocycles. The summed E-state index contributed by atoms with van der Waals surface area (Å²) in [5.41, 5.74) is 0. The first-order valence-corrected chi connectivity index (χ1v) is 10.7. The molecule has 3 rings (SSSR count). The standard InChI is InChI=1S/C21H35N5O3/c1-25(2)20(27)16-24-21(22-14-17-8-3-6-12-28-17)23-15-18(19-9-7-13-29-19)26-10-4-5-11-26/h7,9,13,17-18H,3-6,8,10-12,14-16H2,1-2H3,(H2,22,23,24). The van der Waals surface area contributed by atoms with Crippen molar-refractivity contribution in [2.24, 2.45) is 4.99 Å². The largest absolute Gasteiger partial charge is 0.468 e. The van der Waals surface area contributed by atoms with Crippen molar-refractivity contribution < 1.29 is 13.9 Å². The van der Waals surface area contributed by atoms with Crippen LogP contribution >= 0.6 is 0 Å². The summed E-state index contributed by atoms with van der Waals surface area (Å²) in [7, 11) is 3.49. The van der Waals surface area contributed by atoms with Crippen LogP contribution in [0, 0.1) is 0 Å². The zero-order chi connectivity index (χ0) is 20.5. The van der Waals surface area contributed by atoms with Crippen LogP contribution in [0.3, 0.4) is 0 Å². The van der Waals surface area contributed by atoms with E-state index in [0.717, 1.165) is 38.3 Å². The first kappa shape index (κ1) is 21.6. The minimum atomic E-state index is -0.0258. The van der Waals surface area contributed by atoms with Crippen LogP contribution in [0.25, 0.3) is 0 Å². The van der Waals surface area contributed by atoms with E-state index in [2.05, 4.69) is 20.5 Å². The zero-order valence-corrected chi connectivity index (χ0v) is 17.7. The lowest BCUT2D eigenvalue weighted by molar-refractivity contribution is -0.127. The lowest BCUT2D eigenvalue weighted by atomic mass is 10.1. The minimum absolute atomic E-state index is 0.0258. The van der Waals surface area contributed by atoms with Gasteiger partial charge in [0.1, 0.15) is 12.3 Å². The number of nitrogens with zero attached hydrogens (tertiary/aromatic N) is 3. The summed E-state index contributed by atoms with van der Waals surface area (Å²) in [6.45, 7) is 4.44. The SMILES string of the molecule is CN(C)C(=O)CN=C(NCC1CCCCO1)NCC(c1ccco1)N1CCCC1. The van der Waals surface area contributed by atoms with Gasteiger partial charge in [0.2, 0.25) is 5.91 Å². The average Bonchev–Trinajstić information content (AvgIpc) is 3.45. The maximum absolute atomic E-state index is 12.0. The van der Waals surface area contributed by atoms with Gasteiger partial charge in [0.25, 0.3) is 0 Å². The fourth-order valence-electron chi connectivity index (χ4n) is 3.78. The molecule has 1 aromatic rings. The number of aliphatic imine (C=N–C) groups is 1. The predicted molar refractivity (Wildman–Crippen MR) is 113 cm³/mol. The van der Waals surface area contributed by atoms with Crippen molar-refractivity contribution in [3.63, 3.8) is 0 Å². The van der Waals surface area contributed by atoms with Crippen molar-refractivity contribution in [3.8, 4) is 0 Å². The van der Waals surface area contributed by atoms with Crippen LogP contribution in [-0.4, -0.2) is 81.2 Å². The minimum Gasteiger partial charge on any atom is -0.468 e. The number of carbonyl (C=O) groups excluding carboxylic acids is 1. The smallest absolute Gasteiger partial charge is 0.243 e. The van der Waals surface area contributed by atoms with Crippen LogP contribution < -0.4 is 10.6 Å². The average molecular weight is 406 g/mol. The summed E-state index contributed by atoms with van der Waals surface area (Å²) < 4.78 is 11.5. The normalized spacial score (nSPS) is 21.7. The number of guanidine groups is 1. The van der Waals surface area contributed by atoms with E-state index < -0.39 is 0 Å². The Morgan fingerprint density at radius 1 is 1.28 bits per heavy atom. The Morgan fingerprint density at radius 2 is 2.10 bits per heavy atom. The van der Waals surface area contributed by atoms with Crippen molar-refractivity contribution in [1.29, 1.82) is 0 Å². The number of hydrogen-bond acceptors (Lipinski definition) is 5. The lowest BCUT2D eigenvalue weighted by Crippen LogP contribution is -2.46. The first-order chi connectivity index (χ1) is 14.1. The Labute approximate surface area is 173 Å². The van der Waals surface area contributed by atoms with E-state index in [9.17, 15) is 4.79 Å². The van der Waals surface area contributed by atoms with Crippen molar-refractivity contribution in [1.82, 2.24) is 20.4 Å². The Hall–Kier alpha value is -2.06. The molecule has 0 spiro atoms. The second-order valence-electron chi connectivity index (χ2n) is 7.98. The summed E-state index contributed by atoms with van der Waals surface area (Å²) in [5, 5.41) is 6.80. The molecule has 2 aliphatic heterocycles.